The van der Waals surface area contributed by atoms with Gasteiger partial charge in [0.25, 0.3) is 5.91 Å². The Labute approximate surface area is 126 Å². The van der Waals surface area contributed by atoms with Crippen LogP contribution in [-0.2, 0) is 0 Å². The van der Waals surface area contributed by atoms with Gasteiger partial charge in [0.1, 0.15) is 9.71 Å². The summed E-state index contributed by atoms with van der Waals surface area (Å²) >= 11 is 1.28. The van der Waals surface area contributed by atoms with E-state index in [1.165, 1.54) is 11.3 Å². The van der Waals surface area contributed by atoms with Gasteiger partial charge < -0.3 is 15.7 Å². The van der Waals surface area contributed by atoms with Crippen molar-refractivity contribution in [1.82, 2.24) is 15.1 Å². The number of aryl methyl sites for hydroxylation is 2. The maximum absolute atomic E-state index is 12.7. The average molecular weight is 306 g/mol. The molecule has 1 unspecified atom stereocenters. The standard InChI is InChI=1S/C14H18N4O2S/c1-7-8(2)16-17-13-10(7)11(15)12(21-13)14(20)18-5-3-4-9(18)6-19/h9,19H,3-6,15H2,1-2H3. The predicted octanol–water partition coefficient (Wildman–Crippen LogP) is 1.49. The molecule has 0 radical (unpaired) electrons. The summed E-state index contributed by atoms with van der Waals surface area (Å²) in [4.78, 5) is 15.6. The van der Waals surface area contributed by atoms with Gasteiger partial charge in [-0.3, -0.25) is 4.79 Å². The maximum atomic E-state index is 12.7. The number of carbonyl (C=O) groups is 1. The van der Waals surface area contributed by atoms with Gasteiger partial charge in [-0.25, -0.2) is 0 Å². The molecule has 0 aromatic carbocycles. The molecule has 1 saturated heterocycles. The molecule has 3 heterocycles. The van der Waals surface area contributed by atoms with Crippen molar-refractivity contribution in [3.63, 3.8) is 0 Å². The molecule has 1 atom stereocenters. The Morgan fingerprint density at radius 2 is 2.24 bits per heavy atom. The number of carbonyl (C=O) groups excluding carboxylic acids is 1. The van der Waals surface area contributed by atoms with Gasteiger partial charge in [-0.15, -0.1) is 16.4 Å². The number of aliphatic hydroxyl groups is 1. The number of amides is 1. The number of rotatable bonds is 2. The van der Waals surface area contributed by atoms with Crippen molar-refractivity contribution in [3.8, 4) is 0 Å². The lowest BCUT2D eigenvalue weighted by molar-refractivity contribution is 0.0683. The van der Waals surface area contributed by atoms with E-state index in [0.29, 0.717) is 21.9 Å². The highest BCUT2D eigenvalue weighted by Crippen LogP contribution is 2.36. The molecule has 3 N–H and O–H groups in total. The number of aromatic nitrogens is 2. The fourth-order valence-corrected chi connectivity index (χ4v) is 3.88. The average Bonchev–Trinajstić information content (AvgIpc) is 3.07. The highest BCUT2D eigenvalue weighted by molar-refractivity contribution is 7.21. The van der Waals surface area contributed by atoms with Crippen LogP contribution in [0, 0.1) is 13.8 Å². The second kappa shape index (κ2) is 5.23. The molecule has 0 bridgehead atoms. The number of fused-ring (bicyclic) bond motifs is 1. The smallest absolute Gasteiger partial charge is 0.266 e. The first kappa shape index (κ1) is 14.2. The molecule has 1 amide bonds. The van der Waals surface area contributed by atoms with Gasteiger partial charge in [0.2, 0.25) is 0 Å². The van der Waals surface area contributed by atoms with Crippen LogP contribution in [0.5, 0.6) is 0 Å². The molecule has 2 aromatic rings. The normalized spacial score (nSPS) is 18.6. The van der Waals surface area contributed by atoms with Crippen LogP contribution >= 0.6 is 11.3 Å². The van der Waals surface area contributed by atoms with Crippen LogP contribution < -0.4 is 5.73 Å². The summed E-state index contributed by atoms with van der Waals surface area (Å²) in [6, 6.07) is -0.101. The highest BCUT2D eigenvalue weighted by atomic mass is 32.1. The van der Waals surface area contributed by atoms with E-state index in [0.717, 1.165) is 29.5 Å². The molecule has 1 aliphatic heterocycles. The Morgan fingerprint density at radius 1 is 1.48 bits per heavy atom. The zero-order valence-corrected chi connectivity index (χ0v) is 12.9. The second-order valence-electron chi connectivity index (χ2n) is 5.41. The Hall–Kier alpha value is -1.73. The molecular weight excluding hydrogens is 288 g/mol. The quantitative estimate of drug-likeness (QED) is 0.877. The Bertz CT molecular complexity index is 713. The molecule has 21 heavy (non-hydrogen) atoms. The molecule has 0 spiro atoms. The van der Waals surface area contributed by atoms with Crippen LogP contribution in [0.25, 0.3) is 10.2 Å². The predicted molar refractivity (Wildman–Crippen MR) is 82.4 cm³/mol. The summed E-state index contributed by atoms with van der Waals surface area (Å²) in [5, 5.41) is 18.4. The summed E-state index contributed by atoms with van der Waals surface area (Å²) in [7, 11) is 0. The van der Waals surface area contributed by atoms with E-state index in [1.54, 1.807) is 4.90 Å². The van der Waals surface area contributed by atoms with Crippen molar-refractivity contribution < 1.29 is 9.90 Å². The molecule has 1 fully saturated rings. The lowest BCUT2D eigenvalue weighted by Crippen LogP contribution is -2.37. The van der Waals surface area contributed by atoms with Crippen LogP contribution in [-0.4, -0.2) is 45.3 Å². The van der Waals surface area contributed by atoms with E-state index in [2.05, 4.69) is 10.2 Å². The van der Waals surface area contributed by atoms with E-state index in [4.69, 9.17) is 5.73 Å². The minimum Gasteiger partial charge on any atom is -0.397 e. The van der Waals surface area contributed by atoms with E-state index >= 15 is 0 Å². The Kier molecular flexibility index (Phi) is 3.54. The Balaban J connectivity index is 2.07. The van der Waals surface area contributed by atoms with E-state index < -0.39 is 0 Å². The summed E-state index contributed by atoms with van der Waals surface area (Å²) in [5.41, 5.74) is 8.47. The van der Waals surface area contributed by atoms with E-state index in [-0.39, 0.29) is 18.6 Å². The second-order valence-corrected chi connectivity index (χ2v) is 6.41. The molecule has 0 aliphatic carbocycles. The molecule has 2 aromatic heterocycles. The monoisotopic (exact) mass is 306 g/mol. The third kappa shape index (κ3) is 2.16. The number of anilines is 1. The molecule has 0 saturated carbocycles. The number of aliphatic hydroxyl groups excluding tert-OH is 1. The third-order valence-electron chi connectivity index (χ3n) is 4.18. The fourth-order valence-electron chi connectivity index (χ4n) is 2.82. The van der Waals surface area contributed by atoms with Gasteiger partial charge >= 0.3 is 0 Å². The SMILES string of the molecule is Cc1nnc2sc(C(=O)N3CCCC3CO)c(N)c2c1C. The summed E-state index contributed by atoms with van der Waals surface area (Å²) in [6.45, 7) is 4.48. The topological polar surface area (TPSA) is 92.3 Å². The minimum atomic E-state index is -0.107. The van der Waals surface area contributed by atoms with Crippen LogP contribution in [0.2, 0.25) is 0 Å². The maximum Gasteiger partial charge on any atom is 0.266 e. The van der Waals surface area contributed by atoms with Crippen LogP contribution in [0.15, 0.2) is 0 Å². The first-order chi connectivity index (χ1) is 10.0. The van der Waals surface area contributed by atoms with Crippen molar-refractivity contribution in [2.75, 3.05) is 18.9 Å². The zero-order valence-electron chi connectivity index (χ0n) is 12.1. The van der Waals surface area contributed by atoms with Gasteiger partial charge in [0, 0.05) is 11.9 Å². The number of nitrogens with two attached hydrogens (primary N) is 1. The summed E-state index contributed by atoms with van der Waals surface area (Å²) in [5.74, 6) is -0.107. The number of likely N-dealkylation sites (tertiary alicyclic amines) is 1. The number of hydrogen-bond donors (Lipinski definition) is 2. The van der Waals surface area contributed by atoms with Crippen LogP contribution in [0.3, 0.4) is 0 Å². The van der Waals surface area contributed by atoms with Crippen molar-refractivity contribution >= 4 is 33.1 Å². The number of nitrogens with zero attached hydrogens (tertiary/aromatic N) is 3. The molecule has 6 nitrogen and oxygen atoms in total. The van der Waals surface area contributed by atoms with E-state index in [1.807, 2.05) is 13.8 Å². The van der Waals surface area contributed by atoms with Crippen molar-refractivity contribution in [1.29, 1.82) is 0 Å². The fraction of sp³-hybridized carbons (Fsp3) is 0.500. The van der Waals surface area contributed by atoms with Gasteiger partial charge in [-0.1, -0.05) is 0 Å². The highest BCUT2D eigenvalue weighted by Gasteiger charge is 2.31. The van der Waals surface area contributed by atoms with Crippen molar-refractivity contribution in [2.45, 2.75) is 32.7 Å². The van der Waals surface area contributed by atoms with Gasteiger partial charge in [0.15, 0.2) is 0 Å². The summed E-state index contributed by atoms with van der Waals surface area (Å²) in [6.07, 6.45) is 1.75. The molecule has 112 valence electrons. The molecule has 1 aliphatic rings. The lowest BCUT2D eigenvalue weighted by atomic mass is 10.1. The van der Waals surface area contributed by atoms with Gasteiger partial charge in [0.05, 0.1) is 24.0 Å². The number of hydrogen-bond acceptors (Lipinski definition) is 6. The molecular formula is C14H18N4O2S. The van der Waals surface area contributed by atoms with Gasteiger partial charge in [-0.05, 0) is 32.3 Å². The van der Waals surface area contributed by atoms with Crippen molar-refractivity contribution in [3.05, 3.63) is 16.1 Å². The summed E-state index contributed by atoms with van der Waals surface area (Å²) < 4.78 is 0. The Morgan fingerprint density at radius 3 is 2.95 bits per heavy atom. The number of thiophene rings is 1. The molecule has 3 rings (SSSR count). The molecule has 7 heteroatoms. The zero-order chi connectivity index (χ0) is 15.1. The van der Waals surface area contributed by atoms with E-state index in [9.17, 15) is 9.90 Å². The third-order valence-corrected chi connectivity index (χ3v) is 5.26. The lowest BCUT2D eigenvalue weighted by Gasteiger charge is -2.22. The number of nitrogen functional groups attached to an aromatic ring is 1. The minimum absolute atomic E-state index is 0.00547. The van der Waals surface area contributed by atoms with Crippen LogP contribution in [0.1, 0.15) is 33.8 Å². The largest absolute Gasteiger partial charge is 0.397 e. The van der Waals surface area contributed by atoms with Crippen LogP contribution in [0.4, 0.5) is 5.69 Å². The first-order valence-corrected chi connectivity index (χ1v) is 7.80. The first-order valence-electron chi connectivity index (χ1n) is 6.98. The van der Waals surface area contributed by atoms with Gasteiger partial charge in [-0.2, -0.15) is 5.10 Å². The van der Waals surface area contributed by atoms with Crippen molar-refractivity contribution in [2.24, 2.45) is 0 Å².